The fraction of sp³-hybridized carbons (Fsp3) is 0.150. The van der Waals surface area contributed by atoms with E-state index in [1.807, 2.05) is 0 Å². The Morgan fingerprint density at radius 1 is 0.232 bits per heavy atom. The second kappa shape index (κ2) is 20.4. The van der Waals surface area contributed by atoms with Crippen LogP contribution in [0.2, 0.25) is 0 Å². The molecule has 82 heavy (non-hydrogen) atoms. The van der Waals surface area contributed by atoms with Crippen LogP contribution in [0.3, 0.4) is 0 Å². The Morgan fingerprint density at radius 2 is 0.512 bits per heavy atom. The van der Waals surface area contributed by atoms with E-state index in [9.17, 15) is 0 Å². The van der Waals surface area contributed by atoms with Crippen molar-refractivity contribution in [2.45, 2.75) is 80.1 Å². The molecule has 0 saturated carbocycles. The number of rotatable bonds is 10. The van der Waals surface area contributed by atoms with E-state index in [1.165, 1.54) is 133 Å². The number of aryl methyl sites for hydroxylation is 4. The van der Waals surface area contributed by atoms with Crippen molar-refractivity contribution in [3.63, 3.8) is 0 Å². The fourth-order valence-corrected chi connectivity index (χ4v) is 12.9. The highest BCUT2D eigenvalue weighted by atomic mass is 15.2. The maximum atomic E-state index is 2.51. The van der Waals surface area contributed by atoms with E-state index in [2.05, 4.69) is 322 Å². The Hall–Kier alpha value is -9.24. The van der Waals surface area contributed by atoms with Gasteiger partial charge in [0.25, 0.3) is 0 Å². The molecule has 0 fully saturated rings. The van der Waals surface area contributed by atoms with Crippen molar-refractivity contribution in [3.8, 4) is 66.8 Å². The van der Waals surface area contributed by atoms with E-state index in [4.69, 9.17) is 0 Å². The first kappa shape index (κ1) is 52.2. The summed E-state index contributed by atoms with van der Waals surface area (Å²) in [6, 6.07) is 91.2. The van der Waals surface area contributed by atoms with E-state index >= 15 is 0 Å². The fourth-order valence-electron chi connectivity index (χ4n) is 12.9. The molecule has 1 aliphatic carbocycles. The van der Waals surface area contributed by atoms with Gasteiger partial charge in [-0.25, -0.2) is 0 Å². The van der Waals surface area contributed by atoms with Crippen molar-refractivity contribution in [1.29, 1.82) is 0 Å². The molecule has 0 atom stereocenters. The lowest BCUT2D eigenvalue weighted by molar-refractivity contribution is 0.590. The minimum atomic E-state index is -0.0426. The normalized spacial score (nSPS) is 12.0. The molecule has 0 N–H and O–H groups in total. The van der Waals surface area contributed by atoms with Crippen LogP contribution in [-0.4, -0.2) is 0 Å². The monoisotopic (exact) mass is 1060 g/mol. The lowest BCUT2D eigenvalue weighted by Crippen LogP contribution is -2.16. The van der Waals surface area contributed by atoms with Crippen LogP contribution in [0.25, 0.3) is 88.3 Å². The average Bonchev–Trinajstić information content (AvgIpc) is 1.47. The molecule has 12 aromatic carbocycles. The summed E-state index contributed by atoms with van der Waals surface area (Å²) in [6.45, 7) is 22.9. The quantitative estimate of drug-likeness (QED) is 0.135. The second-order valence-corrected chi connectivity index (χ2v) is 24.7. The Morgan fingerprint density at radius 3 is 0.817 bits per heavy atom. The van der Waals surface area contributed by atoms with Gasteiger partial charge >= 0.3 is 0 Å². The summed E-state index contributed by atoms with van der Waals surface area (Å²) in [4.78, 5) is 5.03. The van der Waals surface area contributed by atoms with Gasteiger partial charge in [0.2, 0.25) is 0 Å². The van der Waals surface area contributed by atoms with Gasteiger partial charge in [0.05, 0.1) is 0 Å². The lowest BCUT2D eigenvalue weighted by Gasteiger charge is -2.38. The highest BCUT2D eigenvalue weighted by molar-refractivity contribution is 6.33. The largest absolute Gasteiger partial charge is 0.310 e. The molecule has 0 aliphatic heterocycles. The van der Waals surface area contributed by atoms with Crippen molar-refractivity contribution in [2.24, 2.45) is 0 Å². The van der Waals surface area contributed by atoms with Crippen molar-refractivity contribution >= 4 is 55.7 Å². The first-order valence-corrected chi connectivity index (χ1v) is 29.1. The van der Waals surface area contributed by atoms with E-state index in [0.29, 0.717) is 0 Å². The number of hydrogen-bond acceptors (Lipinski definition) is 2. The Balaban J connectivity index is 1.19. The summed E-state index contributed by atoms with van der Waals surface area (Å²) >= 11 is 0. The number of fused-ring (bicyclic) bond motifs is 6. The molecular weight excluding hydrogens is 989 g/mol. The third-order valence-electron chi connectivity index (χ3n) is 17.2. The summed E-state index contributed by atoms with van der Waals surface area (Å²) in [5.41, 5.74) is 29.2. The number of benzene rings is 12. The van der Waals surface area contributed by atoms with Gasteiger partial charge in [0.1, 0.15) is 0 Å². The summed E-state index contributed by atoms with van der Waals surface area (Å²) in [5, 5.41) is 4.87. The zero-order chi connectivity index (χ0) is 56.6. The molecule has 0 saturated heterocycles. The van der Waals surface area contributed by atoms with Crippen molar-refractivity contribution in [2.75, 3.05) is 9.80 Å². The van der Waals surface area contributed by atoms with Crippen LogP contribution >= 0.6 is 0 Å². The molecule has 0 spiro atoms. The van der Waals surface area contributed by atoms with Crippen molar-refractivity contribution in [1.82, 2.24) is 0 Å². The molecule has 1 aliphatic rings. The van der Waals surface area contributed by atoms with Crippen LogP contribution in [0.1, 0.15) is 74.9 Å². The molecule has 0 aromatic heterocycles. The predicted molar refractivity (Wildman–Crippen MR) is 353 cm³/mol. The highest BCUT2D eigenvalue weighted by Crippen LogP contribution is 2.66. The van der Waals surface area contributed by atoms with Gasteiger partial charge in [0, 0.05) is 34.1 Å². The molecule has 0 amide bonds. The minimum Gasteiger partial charge on any atom is -0.310 e. The van der Waals surface area contributed by atoms with E-state index in [0.717, 1.165) is 22.7 Å². The zero-order valence-corrected chi connectivity index (χ0v) is 49.0. The van der Waals surface area contributed by atoms with Gasteiger partial charge in [-0.2, -0.15) is 0 Å². The van der Waals surface area contributed by atoms with E-state index in [-0.39, 0.29) is 10.8 Å². The van der Waals surface area contributed by atoms with E-state index in [1.54, 1.807) is 0 Å². The molecular formula is C80H70N2. The number of anilines is 6. The first-order valence-electron chi connectivity index (χ1n) is 29.1. The average molecular weight is 1060 g/mol. The van der Waals surface area contributed by atoms with Crippen molar-refractivity contribution in [3.05, 3.63) is 276 Å². The van der Waals surface area contributed by atoms with Crippen molar-refractivity contribution < 1.29 is 0 Å². The smallest absolute Gasteiger partial charge is 0.0493 e. The summed E-state index contributed by atoms with van der Waals surface area (Å²) in [7, 11) is 0. The van der Waals surface area contributed by atoms with Gasteiger partial charge in [-0.1, -0.05) is 236 Å². The van der Waals surface area contributed by atoms with Crippen LogP contribution < -0.4 is 9.80 Å². The van der Waals surface area contributed by atoms with E-state index < -0.39 is 0 Å². The molecule has 0 heterocycles. The number of nitrogens with zero attached hydrogens (tertiary/aromatic N) is 2. The number of hydrogen-bond donors (Lipinski definition) is 0. The van der Waals surface area contributed by atoms with Gasteiger partial charge < -0.3 is 9.80 Å². The lowest BCUT2D eigenvalue weighted by atomic mass is 9.65. The molecule has 0 bridgehead atoms. The summed E-state index contributed by atoms with van der Waals surface area (Å²) < 4.78 is 0. The van der Waals surface area contributed by atoms with Gasteiger partial charge in [-0.15, -0.1) is 0 Å². The number of para-hydroxylation sites is 2. The van der Waals surface area contributed by atoms with Gasteiger partial charge in [-0.05, 0) is 209 Å². The zero-order valence-electron chi connectivity index (χ0n) is 49.0. The summed E-state index contributed by atoms with van der Waals surface area (Å²) in [6.07, 6.45) is 0. The maximum Gasteiger partial charge on any atom is 0.0493 e. The highest BCUT2D eigenvalue weighted by Gasteiger charge is 2.39. The standard InChI is InChI=1S/C80H70N2/c1-51-27-23-25-37-67(51)81(69-47-59(79(5,6)7)41-39-53(69)3)61-43-45-63-65(49-61)73(57-33-19-13-20-34-57)77-75(71(63)55-29-15-11-16-30-55)76-72(56-31-17-12-18-32-56)64-46-44-62(50-66(64)74(78(76)77)58-35-21-14-22-36-58)82(68-38-26-24-28-52(68)2)70-48-60(80(8,9)10)42-40-54(70)4/h11-50H,1-10H3. The summed E-state index contributed by atoms with van der Waals surface area (Å²) in [5.74, 6) is 0. The van der Waals surface area contributed by atoms with Crippen LogP contribution in [-0.2, 0) is 10.8 Å². The molecule has 2 nitrogen and oxygen atoms in total. The Bertz CT molecular complexity index is 4140. The maximum absolute atomic E-state index is 2.51. The molecule has 13 rings (SSSR count). The van der Waals surface area contributed by atoms with Crippen LogP contribution in [0.15, 0.2) is 243 Å². The topological polar surface area (TPSA) is 6.48 Å². The third-order valence-corrected chi connectivity index (χ3v) is 17.2. The Kier molecular flexibility index (Phi) is 13.0. The predicted octanol–water partition coefficient (Wildman–Crippen LogP) is 23.1. The van der Waals surface area contributed by atoms with Crippen LogP contribution in [0, 0.1) is 27.7 Å². The third kappa shape index (κ3) is 8.89. The molecule has 0 unspecified atom stereocenters. The van der Waals surface area contributed by atoms with Crippen LogP contribution in [0.5, 0.6) is 0 Å². The van der Waals surface area contributed by atoms with Gasteiger partial charge in [-0.3, -0.25) is 0 Å². The Labute approximate surface area is 485 Å². The SMILES string of the molecule is Cc1ccccc1N(c1ccc2c(-c3ccccc3)c3c(c(-c4ccccc4)c2c1)-c1c-3c(-c2ccccc2)c2ccc(N(c3ccccc3C)c3cc(C(C)(C)C)ccc3C)cc2c1-c1ccccc1)c1cc(C(C)(C)C)ccc1C. The molecule has 400 valence electrons. The first-order chi connectivity index (χ1) is 39.7. The molecule has 12 aromatic rings. The second-order valence-electron chi connectivity index (χ2n) is 24.7. The van der Waals surface area contributed by atoms with Gasteiger partial charge in [0.15, 0.2) is 0 Å². The molecule has 0 radical (unpaired) electrons. The van der Waals surface area contributed by atoms with Crippen LogP contribution in [0.4, 0.5) is 34.1 Å². The minimum absolute atomic E-state index is 0.0426. The molecule has 2 heteroatoms.